The molecule has 0 saturated carbocycles. The SMILES string of the molecule is CN(CC(=O)Nc1ccccc1Br)C(=O)COc1ccc(Br)cc1F. The van der Waals surface area contributed by atoms with E-state index in [0.29, 0.717) is 10.2 Å². The molecule has 5 nitrogen and oxygen atoms in total. The lowest BCUT2D eigenvalue weighted by Gasteiger charge is -2.17. The smallest absolute Gasteiger partial charge is 0.260 e. The summed E-state index contributed by atoms with van der Waals surface area (Å²) in [5, 5.41) is 2.70. The van der Waals surface area contributed by atoms with Crippen molar-refractivity contribution in [2.75, 3.05) is 25.5 Å². The van der Waals surface area contributed by atoms with E-state index in [1.807, 2.05) is 6.07 Å². The van der Waals surface area contributed by atoms with Crippen LogP contribution in [-0.2, 0) is 9.59 Å². The molecule has 2 aromatic carbocycles. The average Bonchev–Trinajstić information content (AvgIpc) is 2.55. The fourth-order valence-corrected chi connectivity index (χ4v) is 2.61. The van der Waals surface area contributed by atoms with Crippen LogP contribution in [0.15, 0.2) is 51.4 Å². The Morgan fingerprint density at radius 3 is 2.60 bits per heavy atom. The number of carbonyl (C=O) groups is 2. The van der Waals surface area contributed by atoms with E-state index < -0.39 is 11.7 Å². The summed E-state index contributed by atoms with van der Waals surface area (Å²) in [5.41, 5.74) is 0.613. The number of rotatable bonds is 6. The first-order valence-corrected chi connectivity index (χ1v) is 8.81. The van der Waals surface area contributed by atoms with Crippen molar-refractivity contribution < 1.29 is 18.7 Å². The summed E-state index contributed by atoms with van der Waals surface area (Å²) in [5.74, 6) is -1.39. The number of nitrogens with zero attached hydrogens (tertiary/aromatic N) is 1. The monoisotopic (exact) mass is 472 g/mol. The van der Waals surface area contributed by atoms with Gasteiger partial charge in [0.1, 0.15) is 0 Å². The number of hydrogen-bond donors (Lipinski definition) is 1. The summed E-state index contributed by atoms with van der Waals surface area (Å²) in [6, 6.07) is 11.4. The Morgan fingerprint density at radius 2 is 1.92 bits per heavy atom. The van der Waals surface area contributed by atoms with E-state index in [1.54, 1.807) is 24.3 Å². The minimum absolute atomic E-state index is 0.0254. The van der Waals surface area contributed by atoms with Gasteiger partial charge in [0.15, 0.2) is 18.2 Å². The van der Waals surface area contributed by atoms with Crippen molar-refractivity contribution in [1.29, 1.82) is 0 Å². The quantitative estimate of drug-likeness (QED) is 0.693. The van der Waals surface area contributed by atoms with Gasteiger partial charge < -0.3 is 15.0 Å². The lowest BCUT2D eigenvalue weighted by atomic mass is 10.3. The number of benzene rings is 2. The van der Waals surface area contributed by atoms with Crippen LogP contribution in [0.4, 0.5) is 10.1 Å². The molecule has 2 amide bonds. The van der Waals surface area contributed by atoms with E-state index in [-0.39, 0.29) is 24.8 Å². The van der Waals surface area contributed by atoms with Gasteiger partial charge >= 0.3 is 0 Å². The van der Waals surface area contributed by atoms with Crippen molar-refractivity contribution in [2.45, 2.75) is 0 Å². The van der Waals surface area contributed by atoms with Gasteiger partial charge in [-0.3, -0.25) is 9.59 Å². The molecule has 132 valence electrons. The zero-order valence-electron chi connectivity index (χ0n) is 13.3. The number of anilines is 1. The number of likely N-dealkylation sites (N-methyl/N-ethyl adjacent to an activating group) is 1. The molecule has 0 aliphatic rings. The van der Waals surface area contributed by atoms with E-state index >= 15 is 0 Å². The Kier molecular flexibility index (Phi) is 6.95. The van der Waals surface area contributed by atoms with Gasteiger partial charge in [-0.1, -0.05) is 28.1 Å². The minimum atomic E-state index is -0.573. The predicted octanol–water partition coefficient (Wildman–Crippen LogP) is 3.83. The first-order valence-electron chi connectivity index (χ1n) is 7.23. The molecule has 0 aliphatic carbocycles. The highest BCUT2D eigenvalue weighted by atomic mass is 79.9. The van der Waals surface area contributed by atoms with Crippen LogP contribution < -0.4 is 10.1 Å². The van der Waals surface area contributed by atoms with Gasteiger partial charge in [0.05, 0.1) is 12.2 Å². The van der Waals surface area contributed by atoms with Gasteiger partial charge in [-0.15, -0.1) is 0 Å². The Labute approximate surface area is 161 Å². The van der Waals surface area contributed by atoms with Crippen molar-refractivity contribution in [2.24, 2.45) is 0 Å². The van der Waals surface area contributed by atoms with E-state index in [2.05, 4.69) is 37.2 Å². The molecule has 2 aromatic rings. The molecule has 0 aliphatic heterocycles. The van der Waals surface area contributed by atoms with E-state index in [9.17, 15) is 14.0 Å². The van der Waals surface area contributed by atoms with Gasteiger partial charge in [0.25, 0.3) is 5.91 Å². The number of carbonyl (C=O) groups excluding carboxylic acids is 2. The number of halogens is 3. The Balaban J connectivity index is 1.85. The third-order valence-electron chi connectivity index (χ3n) is 3.20. The number of nitrogens with one attached hydrogen (secondary N) is 1. The second-order valence-corrected chi connectivity index (χ2v) is 6.91. The fourth-order valence-electron chi connectivity index (χ4n) is 1.90. The second-order valence-electron chi connectivity index (χ2n) is 5.14. The van der Waals surface area contributed by atoms with Crippen molar-refractivity contribution >= 4 is 49.4 Å². The molecule has 25 heavy (non-hydrogen) atoms. The average molecular weight is 474 g/mol. The lowest BCUT2D eigenvalue weighted by Crippen LogP contribution is -2.37. The second kappa shape index (κ2) is 8.96. The molecule has 0 bridgehead atoms. The highest BCUT2D eigenvalue weighted by molar-refractivity contribution is 9.10. The van der Waals surface area contributed by atoms with Gasteiger partial charge in [0.2, 0.25) is 5.91 Å². The number of ether oxygens (including phenoxy) is 1. The highest BCUT2D eigenvalue weighted by Crippen LogP contribution is 2.22. The molecule has 0 saturated heterocycles. The van der Waals surface area contributed by atoms with E-state index in [1.165, 1.54) is 24.1 Å². The summed E-state index contributed by atoms with van der Waals surface area (Å²) in [6.45, 7) is -0.510. The zero-order chi connectivity index (χ0) is 18.4. The van der Waals surface area contributed by atoms with Crippen molar-refractivity contribution in [3.05, 3.63) is 57.2 Å². The van der Waals surface area contributed by atoms with Crippen LogP contribution in [0.3, 0.4) is 0 Å². The zero-order valence-corrected chi connectivity index (χ0v) is 16.4. The first kappa shape index (κ1) is 19.4. The van der Waals surface area contributed by atoms with Crippen LogP contribution in [0, 0.1) is 5.82 Å². The maximum absolute atomic E-state index is 13.6. The van der Waals surface area contributed by atoms with Gasteiger partial charge in [-0.25, -0.2) is 4.39 Å². The summed E-state index contributed by atoms with van der Waals surface area (Å²) >= 11 is 6.47. The highest BCUT2D eigenvalue weighted by Gasteiger charge is 2.15. The third kappa shape index (κ3) is 5.82. The lowest BCUT2D eigenvalue weighted by molar-refractivity contribution is -0.135. The molecule has 0 radical (unpaired) electrons. The van der Waals surface area contributed by atoms with Gasteiger partial charge in [-0.05, 0) is 46.3 Å². The molecule has 0 spiro atoms. The summed E-state index contributed by atoms with van der Waals surface area (Å²) < 4.78 is 20.1. The predicted molar refractivity (Wildman–Crippen MR) is 100 cm³/mol. The molecule has 0 atom stereocenters. The van der Waals surface area contributed by atoms with Crippen molar-refractivity contribution in [3.8, 4) is 5.75 Å². The molecular weight excluding hydrogens is 459 g/mol. The standard InChI is InChI=1S/C17H15Br2FN2O3/c1-22(9-16(23)21-14-5-3-2-4-12(14)19)17(24)10-25-15-7-6-11(18)8-13(15)20/h2-8H,9-10H2,1H3,(H,21,23). The van der Waals surface area contributed by atoms with E-state index in [4.69, 9.17) is 4.74 Å². The number of hydrogen-bond acceptors (Lipinski definition) is 3. The third-order valence-corrected chi connectivity index (χ3v) is 4.38. The van der Waals surface area contributed by atoms with Gasteiger partial charge in [-0.2, -0.15) is 0 Å². The fraction of sp³-hybridized carbons (Fsp3) is 0.176. The van der Waals surface area contributed by atoms with Crippen LogP contribution in [0.2, 0.25) is 0 Å². The molecule has 0 heterocycles. The Morgan fingerprint density at radius 1 is 1.20 bits per heavy atom. The minimum Gasteiger partial charge on any atom is -0.481 e. The maximum Gasteiger partial charge on any atom is 0.260 e. The summed E-state index contributed by atoms with van der Waals surface area (Å²) in [7, 11) is 1.48. The molecule has 8 heteroatoms. The maximum atomic E-state index is 13.6. The molecule has 1 N–H and O–H groups in total. The van der Waals surface area contributed by atoms with E-state index in [0.717, 1.165) is 4.47 Å². The summed E-state index contributed by atoms with van der Waals surface area (Å²) in [6.07, 6.45) is 0. The van der Waals surface area contributed by atoms with Crippen LogP contribution in [-0.4, -0.2) is 36.9 Å². The summed E-state index contributed by atoms with van der Waals surface area (Å²) in [4.78, 5) is 25.3. The van der Waals surface area contributed by atoms with Crippen LogP contribution >= 0.6 is 31.9 Å². The Bertz CT molecular complexity index is 786. The number of para-hydroxylation sites is 1. The molecule has 2 rings (SSSR count). The van der Waals surface area contributed by atoms with Crippen LogP contribution in [0.5, 0.6) is 5.75 Å². The normalized spacial score (nSPS) is 10.2. The van der Waals surface area contributed by atoms with Crippen LogP contribution in [0.25, 0.3) is 0 Å². The Hall–Kier alpha value is -1.93. The molecule has 0 fully saturated rings. The van der Waals surface area contributed by atoms with Gasteiger partial charge in [0, 0.05) is 16.0 Å². The van der Waals surface area contributed by atoms with Crippen molar-refractivity contribution in [3.63, 3.8) is 0 Å². The molecular formula is C17H15Br2FN2O3. The number of amides is 2. The first-order chi connectivity index (χ1) is 11.9. The van der Waals surface area contributed by atoms with Crippen LogP contribution in [0.1, 0.15) is 0 Å². The van der Waals surface area contributed by atoms with Crippen molar-refractivity contribution in [1.82, 2.24) is 4.90 Å². The topological polar surface area (TPSA) is 58.6 Å². The largest absolute Gasteiger partial charge is 0.481 e. The molecule has 0 aromatic heterocycles. The molecule has 0 unspecified atom stereocenters.